The lowest BCUT2D eigenvalue weighted by Gasteiger charge is -2.11. The summed E-state index contributed by atoms with van der Waals surface area (Å²) < 4.78 is 18.1. The van der Waals surface area contributed by atoms with Crippen molar-refractivity contribution in [3.8, 4) is 5.75 Å². The van der Waals surface area contributed by atoms with Gasteiger partial charge < -0.3 is 4.74 Å². The zero-order valence-corrected chi connectivity index (χ0v) is 14.2. The van der Waals surface area contributed by atoms with Crippen molar-refractivity contribution >= 4 is 29.1 Å². The summed E-state index contributed by atoms with van der Waals surface area (Å²) in [5.74, 6) is -0.882. The highest BCUT2D eigenvalue weighted by Crippen LogP contribution is 2.10. The Kier molecular flexibility index (Phi) is 6.41. The third-order valence-electron chi connectivity index (χ3n) is 3.04. The van der Waals surface area contributed by atoms with E-state index in [1.807, 2.05) is 19.1 Å². The minimum absolute atomic E-state index is 0.0991. The van der Waals surface area contributed by atoms with E-state index in [0.29, 0.717) is 5.75 Å². The zero-order valence-electron chi connectivity index (χ0n) is 13.3. The number of carbonyl (C=O) groups is 2. The Balaban J connectivity index is 1.71. The van der Waals surface area contributed by atoms with Crippen molar-refractivity contribution in [2.45, 2.75) is 6.92 Å². The van der Waals surface area contributed by atoms with E-state index >= 15 is 0 Å². The number of hydrogen-bond acceptors (Lipinski definition) is 4. The molecule has 3 N–H and O–H groups in total. The summed E-state index contributed by atoms with van der Waals surface area (Å²) in [6, 6.07) is 12.2. The Labute approximate surface area is 149 Å². The van der Waals surface area contributed by atoms with Crippen molar-refractivity contribution in [2.24, 2.45) is 0 Å². The largest absolute Gasteiger partial charge is 0.484 e. The van der Waals surface area contributed by atoms with Gasteiger partial charge in [-0.1, -0.05) is 17.7 Å². The van der Waals surface area contributed by atoms with Gasteiger partial charge >= 0.3 is 0 Å². The summed E-state index contributed by atoms with van der Waals surface area (Å²) in [5, 5.41) is 2.26. The molecule has 2 aromatic carbocycles. The number of amides is 2. The van der Waals surface area contributed by atoms with Gasteiger partial charge in [0, 0.05) is 5.56 Å². The summed E-state index contributed by atoms with van der Waals surface area (Å²) >= 11 is 4.89. The van der Waals surface area contributed by atoms with E-state index in [2.05, 4.69) is 16.2 Å². The van der Waals surface area contributed by atoms with Crippen LogP contribution in [0.25, 0.3) is 0 Å². The average Bonchev–Trinajstić information content (AvgIpc) is 2.60. The second-order valence-corrected chi connectivity index (χ2v) is 5.47. The number of carbonyl (C=O) groups excluding carboxylic acids is 2. The van der Waals surface area contributed by atoms with Gasteiger partial charge in [-0.3, -0.25) is 25.8 Å². The van der Waals surface area contributed by atoms with Crippen LogP contribution >= 0.6 is 12.2 Å². The molecule has 0 atom stereocenters. The van der Waals surface area contributed by atoms with Crippen LogP contribution < -0.4 is 20.9 Å². The summed E-state index contributed by atoms with van der Waals surface area (Å²) in [5.41, 5.74) is 6.01. The second-order valence-electron chi connectivity index (χ2n) is 5.07. The van der Waals surface area contributed by atoms with E-state index in [1.165, 1.54) is 12.1 Å². The number of aryl methyl sites for hydroxylation is 1. The molecule has 2 amide bonds. The van der Waals surface area contributed by atoms with Gasteiger partial charge in [0.05, 0.1) is 0 Å². The number of rotatable bonds is 4. The first-order valence-corrected chi connectivity index (χ1v) is 7.70. The topological polar surface area (TPSA) is 79.5 Å². The maximum absolute atomic E-state index is 12.8. The number of hydrogen-bond donors (Lipinski definition) is 3. The predicted octanol–water partition coefficient (Wildman–Crippen LogP) is 1.85. The predicted molar refractivity (Wildman–Crippen MR) is 94.4 cm³/mol. The minimum atomic E-state index is -0.525. The van der Waals surface area contributed by atoms with Crippen LogP contribution in [0.2, 0.25) is 0 Å². The molecular formula is C17H16FN3O3S. The molecule has 0 aliphatic rings. The van der Waals surface area contributed by atoms with Crippen molar-refractivity contribution in [1.82, 2.24) is 16.2 Å². The lowest BCUT2D eigenvalue weighted by atomic mass is 10.2. The fraction of sp³-hybridized carbons (Fsp3) is 0.118. The Morgan fingerprint density at radius 1 is 1.04 bits per heavy atom. The smallest absolute Gasteiger partial charge is 0.276 e. The number of nitrogens with one attached hydrogen (secondary N) is 3. The van der Waals surface area contributed by atoms with Gasteiger partial charge in [0.1, 0.15) is 11.6 Å². The van der Waals surface area contributed by atoms with Gasteiger partial charge in [0.25, 0.3) is 11.8 Å². The molecule has 0 saturated heterocycles. The van der Waals surface area contributed by atoms with E-state index in [-0.39, 0.29) is 17.3 Å². The first-order chi connectivity index (χ1) is 11.9. The van der Waals surface area contributed by atoms with Crippen LogP contribution in [0, 0.1) is 12.7 Å². The highest BCUT2D eigenvalue weighted by atomic mass is 32.1. The van der Waals surface area contributed by atoms with Crippen molar-refractivity contribution in [2.75, 3.05) is 6.61 Å². The van der Waals surface area contributed by atoms with Crippen LogP contribution in [0.4, 0.5) is 4.39 Å². The molecule has 25 heavy (non-hydrogen) atoms. The highest BCUT2D eigenvalue weighted by Gasteiger charge is 2.09. The number of ether oxygens (including phenoxy) is 1. The molecule has 0 aliphatic carbocycles. The molecule has 2 aromatic rings. The van der Waals surface area contributed by atoms with Gasteiger partial charge in [-0.05, 0) is 55.5 Å². The van der Waals surface area contributed by atoms with E-state index in [4.69, 9.17) is 17.0 Å². The monoisotopic (exact) mass is 361 g/mol. The van der Waals surface area contributed by atoms with E-state index in [1.54, 1.807) is 12.1 Å². The van der Waals surface area contributed by atoms with Crippen LogP contribution in [-0.2, 0) is 4.79 Å². The van der Waals surface area contributed by atoms with Crippen LogP contribution in [0.3, 0.4) is 0 Å². The molecule has 8 heteroatoms. The Morgan fingerprint density at radius 3 is 2.32 bits per heavy atom. The molecule has 0 aromatic heterocycles. The van der Waals surface area contributed by atoms with Crippen LogP contribution in [-0.4, -0.2) is 23.5 Å². The Hall–Kier alpha value is -3.00. The minimum Gasteiger partial charge on any atom is -0.484 e. The zero-order chi connectivity index (χ0) is 18.2. The molecule has 0 heterocycles. The molecule has 0 fully saturated rings. The van der Waals surface area contributed by atoms with E-state index in [9.17, 15) is 14.0 Å². The number of hydrazine groups is 1. The molecule has 2 rings (SSSR count). The normalized spacial score (nSPS) is 9.84. The van der Waals surface area contributed by atoms with Crippen LogP contribution in [0.5, 0.6) is 5.75 Å². The lowest BCUT2D eigenvalue weighted by Crippen LogP contribution is -2.49. The molecule has 0 saturated carbocycles. The van der Waals surface area contributed by atoms with Gasteiger partial charge in [0.2, 0.25) is 0 Å². The van der Waals surface area contributed by atoms with Crippen molar-refractivity contribution in [1.29, 1.82) is 0 Å². The first-order valence-electron chi connectivity index (χ1n) is 7.29. The molecule has 0 aliphatic heterocycles. The number of benzene rings is 2. The third kappa shape index (κ3) is 6.19. The SMILES string of the molecule is Cc1ccc(OCC(=O)NNC(=S)NC(=O)c2ccc(F)cc2)cc1. The molecular weight excluding hydrogens is 345 g/mol. The average molecular weight is 361 g/mol. The molecule has 0 bridgehead atoms. The van der Waals surface area contributed by atoms with Gasteiger partial charge in [-0.2, -0.15) is 0 Å². The number of thiocarbonyl (C=S) groups is 1. The Bertz CT molecular complexity index is 764. The molecule has 6 nitrogen and oxygen atoms in total. The second kappa shape index (κ2) is 8.74. The third-order valence-corrected chi connectivity index (χ3v) is 3.24. The van der Waals surface area contributed by atoms with Gasteiger partial charge in [-0.25, -0.2) is 4.39 Å². The van der Waals surface area contributed by atoms with Gasteiger partial charge in [0.15, 0.2) is 11.7 Å². The Morgan fingerprint density at radius 2 is 1.68 bits per heavy atom. The van der Waals surface area contributed by atoms with Gasteiger partial charge in [-0.15, -0.1) is 0 Å². The molecule has 0 unspecified atom stereocenters. The highest BCUT2D eigenvalue weighted by molar-refractivity contribution is 7.80. The maximum Gasteiger partial charge on any atom is 0.276 e. The maximum atomic E-state index is 12.8. The lowest BCUT2D eigenvalue weighted by molar-refractivity contribution is -0.123. The van der Waals surface area contributed by atoms with Crippen molar-refractivity contribution in [3.05, 3.63) is 65.5 Å². The fourth-order valence-corrected chi connectivity index (χ4v) is 1.90. The molecule has 0 spiro atoms. The van der Waals surface area contributed by atoms with Crippen LogP contribution in [0.15, 0.2) is 48.5 Å². The quantitative estimate of drug-likeness (QED) is 0.572. The number of halogens is 1. The van der Waals surface area contributed by atoms with Crippen molar-refractivity contribution < 1.29 is 18.7 Å². The summed E-state index contributed by atoms with van der Waals surface area (Å²) in [4.78, 5) is 23.5. The van der Waals surface area contributed by atoms with E-state index in [0.717, 1.165) is 17.7 Å². The summed E-state index contributed by atoms with van der Waals surface area (Å²) in [6.45, 7) is 1.73. The molecule has 0 radical (unpaired) electrons. The summed E-state index contributed by atoms with van der Waals surface area (Å²) in [6.07, 6.45) is 0. The fourth-order valence-electron chi connectivity index (χ4n) is 1.75. The molecule has 130 valence electrons. The van der Waals surface area contributed by atoms with E-state index < -0.39 is 17.6 Å². The standard InChI is InChI=1S/C17H16FN3O3S/c1-11-2-8-14(9-3-11)24-10-15(22)20-21-17(25)19-16(23)12-4-6-13(18)7-5-12/h2-9H,10H2,1H3,(H,20,22)(H2,19,21,23,25). The van der Waals surface area contributed by atoms with Crippen molar-refractivity contribution in [3.63, 3.8) is 0 Å². The van der Waals surface area contributed by atoms with Crippen LogP contribution in [0.1, 0.15) is 15.9 Å². The first kappa shape index (κ1) is 18.3. The summed E-state index contributed by atoms with van der Waals surface area (Å²) in [7, 11) is 0.